The molecule has 1 rings (SSSR count). The standard InChI is InChI=1S/C6H7NO2S/c7-4-9-6(8)5-2-1-3-10-5/h1-3H,4,7H2. The van der Waals surface area contributed by atoms with Crippen molar-refractivity contribution in [2.24, 2.45) is 5.73 Å². The minimum atomic E-state index is -0.350. The van der Waals surface area contributed by atoms with Crippen LogP contribution in [0.2, 0.25) is 0 Å². The van der Waals surface area contributed by atoms with Crippen LogP contribution in [0, 0.1) is 0 Å². The van der Waals surface area contributed by atoms with E-state index in [1.807, 2.05) is 5.38 Å². The van der Waals surface area contributed by atoms with Gasteiger partial charge in [-0.25, -0.2) is 4.79 Å². The van der Waals surface area contributed by atoms with E-state index in [0.29, 0.717) is 4.88 Å². The summed E-state index contributed by atoms with van der Waals surface area (Å²) in [5.41, 5.74) is 5.00. The van der Waals surface area contributed by atoms with Gasteiger partial charge in [0.15, 0.2) is 0 Å². The number of ether oxygens (including phenoxy) is 1. The maximum absolute atomic E-state index is 10.8. The second-order valence-electron chi connectivity index (χ2n) is 1.58. The molecule has 10 heavy (non-hydrogen) atoms. The quantitative estimate of drug-likeness (QED) is 0.510. The molecule has 0 amide bonds. The Bertz CT molecular complexity index is 208. The van der Waals surface area contributed by atoms with E-state index in [1.165, 1.54) is 11.3 Å². The van der Waals surface area contributed by atoms with Crippen molar-refractivity contribution in [1.82, 2.24) is 0 Å². The summed E-state index contributed by atoms with van der Waals surface area (Å²) >= 11 is 1.34. The summed E-state index contributed by atoms with van der Waals surface area (Å²) in [5, 5.41) is 1.81. The van der Waals surface area contributed by atoms with Crippen molar-refractivity contribution < 1.29 is 9.53 Å². The van der Waals surface area contributed by atoms with Gasteiger partial charge in [0.1, 0.15) is 11.6 Å². The Morgan fingerprint density at radius 1 is 1.80 bits per heavy atom. The van der Waals surface area contributed by atoms with E-state index in [-0.39, 0.29) is 12.7 Å². The van der Waals surface area contributed by atoms with Crippen LogP contribution in [-0.4, -0.2) is 12.7 Å². The lowest BCUT2D eigenvalue weighted by Crippen LogP contribution is -2.10. The minimum absolute atomic E-state index is 0.0588. The SMILES string of the molecule is NCOC(=O)c1cccs1. The van der Waals surface area contributed by atoms with Crippen LogP contribution in [0.1, 0.15) is 9.67 Å². The number of carbonyl (C=O) groups excluding carboxylic acids is 1. The summed E-state index contributed by atoms with van der Waals surface area (Å²) in [6.07, 6.45) is 0. The fourth-order valence-electron chi connectivity index (χ4n) is 0.542. The molecule has 1 aromatic rings. The molecule has 0 spiro atoms. The van der Waals surface area contributed by atoms with E-state index < -0.39 is 0 Å². The molecule has 0 aliphatic carbocycles. The second-order valence-corrected chi connectivity index (χ2v) is 2.52. The molecule has 0 bridgehead atoms. The first-order valence-corrected chi connectivity index (χ1v) is 3.63. The molecule has 1 heterocycles. The number of hydrogen-bond donors (Lipinski definition) is 1. The summed E-state index contributed by atoms with van der Waals surface area (Å²) in [4.78, 5) is 11.4. The zero-order valence-electron chi connectivity index (χ0n) is 5.24. The van der Waals surface area contributed by atoms with Crippen molar-refractivity contribution in [2.75, 3.05) is 6.73 Å². The Balaban J connectivity index is 2.59. The Kier molecular flexibility index (Phi) is 2.42. The summed E-state index contributed by atoms with van der Waals surface area (Å²) in [6, 6.07) is 3.49. The minimum Gasteiger partial charge on any atom is -0.446 e. The number of carbonyl (C=O) groups is 1. The Labute approximate surface area is 62.4 Å². The van der Waals surface area contributed by atoms with E-state index in [0.717, 1.165) is 0 Å². The van der Waals surface area contributed by atoms with Crippen molar-refractivity contribution >= 4 is 17.3 Å². The molecule has 0 aliphatic rings. The second kappa shape index (κ2) is 3.34. The highest BCUT2D eigenvalue weighted by Gasteiger charge is 2.04. The molecule has 0 aromatic carbocycles. The topological polar surface area (TPSA) is 52.3 Å². The fraction of sp³-hybridized carbons (Fsp3) is 0.167. The summed E-state index contributed by atoms with van der Waals surface area (Å²) in [7, 11) is 0. The van der Waals surface area contributed by atoms with E-state index in [9.17, 15) is 4.79 Å². The molecule has 0 saturated heterocycles. The van der Waals surface area contributed by atoms with Gasteiger partial charge in [0.2, 0.25) is 0 Å². The maximum Gasteiger partial charge on any atom is 0.349 e. The molecule has 4 heteroatoms. The normalized spacial score (nSPS) is 9.30. The molecule has 0 atom stereocenters. The van der Waals surface area contributed by atoms with Crippen molar-refractivity contribution in [3.05, 3.63) is 22.4 Å². The zero-order chi connectivity index (χ0) is 7.40. The summed E-state index contributed by atoms with van der Waals surface area (Å²) in [6.45, 7) is -0.0588. The monoisotopic (exact) mass is 157 g/mol. The first kappa shape index (κ1) is 7.24. The highest BCUT2D eigenvalue weighted by molar-refractivity contribution is 7.11. The van der Waals surface area contributed by atoms with Gasteiger partial charge in [-0.1, -0.05) is 6.07 Å². The van der Waals surface area contributed by atoms with Gasteiger partial charge in [0, 0.05) is 0 Å². The van der Waals surface area contributed by atoms with Gasteiger partial charge in [-0.15, -0.1) is 11.3 Å². The molecular formula is C6H7NO2S. The van der Waals surface area contributed by atoms with Crippen LogP contribution in [0.25, 0.3) is 0 Å². The molecule has 0 saturated carbocycles. The van der Waals surface area contributed by atoms with Crippen molar-refractivity contribution in [1.29, 1.82) is 0 Å². The molecular weight excluding hydrogens is 150 g/mol. The molecule has 54 valence electrons. The molecule has 3 nitrogen and oxygen atoms in total. The Hall–Kier alpha value is -0.870. The lowest BCUT2D eigenvalue weighted by atomic mass is 10.5. The van der Waals surface area contributed by atoms with E-state index in [4.69, 9.17) is 5.73 Å². The number of rotatable bonds is 2. The van der Waals surface area contributed by atoms with Crippen LogP contribution >= 0.6 is 11.3 Å². The van der Waals surface area contributed by atoms with Gasteiger partial charge in [-0.2, -0.15) is 0 Å². The van der Waals surface area contributed by atoms with Crippen LogP contribution in [0.4, 0.5) is 0 Å². The predicted octanol–water partition coefficient (Wildman–Crippen LogP) is 0.821. The third-order valence-electron chi connectivity index (χ3n) is 0.937. The summed E-state index contributed by atoms with van der Waals surface area (Å²) in [5.74, 6) is -0.350. The third-order valence-corrected chi connectivity index (χ3v) is 1.79. The number of hydrogen-bond acceptors (Lipinski definition) is 4. The van der Waals surface area contributed by atoms with Crippen molar-refractivity contribution in [3.63, 3.8) is 0 Å². The Morgan fingerprint density at radius 3 is 3.10 bits per heavy atom. The molecule has 0 aliphatic heterocycles. The van der Waals surface area contributed by atoms with Gasteiger partial charge in [-0.05, 0) is 11.4 Å². The third kappa shape index (κ3) is 1.55. The summed E-state index contributed by atoms with van der Waals surface area (Å²) < 4.78 is 4.54. The maximum atomic E-state index is 10.8. The fourth-order valence-corrected chi connectivity index (χ4v) is 1.16. The van der Waals surface area contributed by atoms with Crippen LogP contribution in [0.15, 0.2) is 17.5 Å². The molecule has 0 radical (unpaired) electrons. The van der Waals surface area contributed by atoms with Gasteiger partial charge in [0.25, 0.3) is 0 Å². The molecule has 0 unspecified atom stereocenters. The average molecular weight is 157 g/mol. The van der Waals surface area contributed by atoms with E-state index in [2.05, 4.69) is 4.74 Å². The smallest absolute Gasteiger partial charge is 0.349 e. The molecule has 1 aromatic heterocycles. The van der Waals surface area contributed by atoms with Gasteiger partial charge in [0.05, 0.1) is 0 Å². The van der Waals surface area contributed by atoms with Crippen LogP contribution in [0.5, 0.6) is 0 Å². The average Bonchev–Trinajstić information content (AvgIpc) is 2.38. The van der Waals surface area contributed by atoms with Crippen LogP contribution in [0.3, 0.4) is 0 Å². The Morgan fingerprint density at radius 2 is 2.60 bits per heavy atom. The van der Waals surface area contributed by atoms with E-state index >= 15 is 0 Å². The lowest BCUT2D eigenvalue weighted by molar-refractivity contribution is 0.0521. The lowest BCUT2D eigenvalue weighted by Gasteiger charge is -1.95. The number of nitrogens with two attached hydrogens (primary N) is 1. The van der Waals surface area contributed by atoms with Gasteiger partial charge in [-0.3, -0.25) is 5.73 Å². The van der Waals surface area contributed by atoms with E-state index in [1.54, 1.807) is 12.1 Å². The van der Waals surface area contributed by atoms with Crippen LogP contribution < -0.4 is 5.73 Å². The first-order valence-electron chi connectivity index (χ1n) is 2.75. The van der Waals surface area contributed by atoms with Crippen molar-refractivity contribution in [2.45, 2.75) is 0 Å². The van der Waals surface area contributed by atoms with Gasteiger partial charge < -0.3 is 4.74 Å². The predicted molar refractivity (Wildman–Crippen MR) is 38.8 cm³/mol. The molecule has 0 fully saturated rings. The number of thiophene rings is 1. The van der Waals surface area contributed by atoms with Crippen molar-refractivity contribution in [3.8, 4) is 0 Å². The highest BCUT2D eigenvalue weighted by atomic mass is 32.1. The largest absolute Gasteiger partial charge is 0.446 e. The zero-order valence-corrected chi connectivity index (χ0v) is 6.06. The van der Waals surface area contributed by atoms with Crippen LogP contribution in [-0.2, 0) is 4.74 Å². The van der Waals surface area contributed by atoms with Gasteiger partial charge >= 0.3 is 5.97 Å². The highest BCUT2D eigenvalue weighted by Crippen LogP contribution is 2.08. The number of esters is 1. The first-order chi connectivity index (χ1) is 4.84. The molecule has 2 N–H and O–H groups in total.